The Bertz CT molecular complexity index is 925. The van der Waals surface area contributed by atoms with E-state index in [2.05, 4.69) is 29.0 Å². The normalized spacial score (nSPS) is 14.5. The number of phenolic OH excluding ortho intramolecular Hbond substituents is 1. The molecule has 1 fully saturated rings. The fourth-order valence-corrected chi connectivity index (χ4v) is 4.21. The third-order valence-electron chi connectivity index (χ3n) is 6.05. The van der Waals surface area contributed by atoms with Crippen LogP contribution in [-0.4, -0.2) is 77.4 Å². The molecular weight excluding hydrogens is 416 g/mol. The van der Waals surface area contributed by atoms with Crippen LogP contribution < -0.4 is 5.32 Å². The highest BCUT2D eigenvalue weighted by Crippen LogP contribution is 2.18. The smallest absolute Gasteiger partial charge is 0.238 e. The molecule has 0 saturated carbocycles. The van der Waals surface area contributed by atoms with Crippen LogP contribution in [0.1, 0.15) is 31.4 Å². The maximum Gasteiger partial charge on any atom is 0.238 e. The first kappa shape index (κ1) is 24.7. The van der Waals surface area contributed by atoms with Crippen molar-refractivity contribution >= 4 is 17.5 Å². The molecule has 0 aliphatic carbocycles. The highest BCUT2D eigenvalue weighted by molar-refractivity contribution is 5.93. The summed E-state index contributed by atoms with van der Waals surface area (Å²) in [6.45, 7) is 8.76. The van der Waals surface area contributed by atoms with Crippen LogP contribution in [0, 0.1) is 0 Å². The van der Waals surface area contributed by atoms with Gasteiger partial charge in [0.1, 0.15) is 5.75 Å². The zero-order valence-corrected chi connectivity index (χ0v) is 19.8. The second-order valence-corrected chi connectivity index (χ2v) is 8.56. The van der Waals surface area contributed by atoms with Gasteiger partial charge in [-0.15, -0.1) is 0 Å². The summed E-state index contributed by atoms with van der Waals surface area (Å²) in [6.07, 6.45) is 1.81. The summed E-state index contributed by atoms with van der Waals surface area (Å²) in [5.41, 5.74) is 2.83. The second-order valence-electron chi connectivity index (χ2n) is 8.56. The first-order chi connectivity index (χ1) is 16.0. The molecule has 0 spiro atoms. The summed E-state index contributed by atoms with van der Waals surface area (Å²) in [5, 5.41) is 13.1. The minimum absolute atomic E-state index is 0.0209. The van der Waals surface area contributed by atoms with Gasteiger partial charge in [-0.05, 0) is 37.1 Å². The van der Waals surface area contributed by atoms with E-state index in [0.717, 1.165) is 36.2 Å². The number of carbonyl (C=O) groups excluding carboxylic acids is 2. The van der Waals surface area contributed by atoms with Gasteiger partial charge in [0.15, 0.2) is 0 Å². The molecule has 178 valence electrons. The predicted octanol–water partition coefficient (Wildman–Crippen LogP) is 2.95. The molecule has 2 amide bonds. The van der Waals surface area contributed by atoms with Crippen LogP contribution in [-0.2, 0) is 22.6 Å². The number of carbonyl (C=O) groups is 2. The molecule has 3 rings (SSSR count). The lowest BCUT2D eigenvalue weighted by Crippen LogP contribution is -2.52. The summed E-state index contributed by atoms with van der Waals surface area (Å²) < 4.78 is 0. The standard InChI is InChI=1S/C26H36N4O3/c1-3-13-29(18-22-10-6-8-12-24(22)31)20-26(33)30-16-14-28(15-17-30)19-25(32)27-23-11-7-5-9-21(23)4-2/h5-12,31H,3-4,13-20H2,1-2H3,(H,27,32). The van der Waals surface area contributed by atoms with Crippen molar-refractivity contribution in [2.45, 2.75) is 33.2 Å². The van der Waals surface area contributed by atoms with Crippen molar-refractivity contribution in [3.63, 3.8) is 0 Å². The van der Waals surface area contributed by atoms with E-state index in [9.17, 15) is 14.7 Å². The summed E-state index contributed by atoms with van der Waals surface area (Å²) in [5.74, 6) is 0.340. The number of aryl methyl sites for hydroxylation is 1. The van der Waals surface area contributed by atoms with Crippen molar-refractivity contribution in [2.75, 3.05) is 51.1 Å². The molecule has 7 nitrogen and oxygen atoms in total. The van der Waals surface area contributed by atoms with Gasteiger partial charge < -0.3 is 15.3 Å². The van der Waals surface area contributed by atoms with Crippen LogP contribution in [0.4, 0.5) is 5.69 Å². The lowest BCUT2D eigenvalue weighted by molar-refractivity contribution is -0.134. The molecule has 2 aromatic rings. The van der Waals surface area contributed by atoms with Crippen LogP contribution in [0.25, 0.3) is 0 Å². The quantitative estimate of drug-likeness (QED) is 0.580. The van der Waals surface area contributed by atoms with Crippen LogP contribution in [0.5, 0.6) is 5.75 Å². The monoisotopic (exact) mass is 452 g/mol. The van der Waals surface area contributed by atoms with Crippen molar-refractivity contribution in [3.8, 4) is 5.75 Å². The van der Waals surface area contributed by atoms with Gasteiger partial charge in [-0.25, -0.2) is 0 Å². The molecule has 0 radical (unpaired) electrons. The van der Waals surface area contributed by atoms with E-state index >= 15 is 0 Å². The molecule has 7 heteroatoms. The fraction of sp³-hybridized carbons (Fsp3) is 0.462. The topological polar surface area (TPSA) is 76.1 Å². The van der Waals surface area contributed by atoms with Gasteiger partial charge in [-0.2, -0.15) is 0 Å². The number of phenols is 1. The first-order valence-electron chi connectivity index (χ1n) is 11.9. The van der Waals surface area contributed by atoms with Gasteiger partial charge in [0, 0.05) is 44.0 Å². The second kappa shape index (κ2) is 12.4. The number of anilines is 1. The zero-order chi connectivity index (χ0) is 23.6. The van der Waals surface area contributed by atoms with Gasteiger partial charge in [0.2, 0.25) is 11.8 Å². The molecule has 0 unspecified atom stereocenters. The van der Waals surface area contributed by atoms with Gasteiger partial charge in [0.25, 0.3) is 0 Å². The first-order valence-corrected chi connectivity index (χ1v) is 11.9. The van der Waals surface area contributed by atoms with E-state index in [-0.39, 0.29) is 17.6 Å². The molecule has 0 aromatic heterocycles. The Morgan fingerprint density at radius 2 is 1.64 bits per heavy atom. The Labute approximate surface area is 197 Å². The SMILES string of the molecule is CCCN(CC(=O)N1CCN(CC(=O)Nc2ccccc2CC)CC1)Cc1ccccc1O. The van der Waals surface area contributed by atoms with E-state index in [4.69, 9.17) is 0 Å². The summed E-state index contributed by atoms with van der Waals surface area (Å²) >= 11 is 0. The summed E-state index contributed by atoms with van der Waals surface area (Å²) in [4.78, 5) is 31.5. The van der Waals surface area contributed by atoms with E-state index in [1.165, 1.54) is 0 Å². The zero-order valence-electron chi connectivity index (χ0n) is 19.8. The van der Waals surface area contributed by atoms with E-state index in [0.29, 0.717) is 45.8 Å². The van der Waals surface area contributed by atoms with E-state index < -0.39 is 0 Å². The maximum atomic E-state index is 12.9. The molecule has 1 heterocycles. The van der Waals surface area contributed by atoms with E-state index in [1.54, 1.807) is 12.1 Å². The van der Waals surface area contributed by atoms with Crippen LogP contribution in [0.2, 0.25) is 0 Å². The van der Waals surface area contributed by atoms with Crippen LogP contribution in [0.15, 0.2) is 48.5 Å². The molecule has 1 aliphatic rings. The Balaban J connectivity index is 1.46. The Kier molecular flexibility index (Phi) is 9.27. The molecule has 33 heavy (non-hydrogen) atoms. The Hall–Kier alpha value is -2.90. The number of benzene rings is 2. The number of nitrogens with zero attached hydrogens (tertiary/aromatic N) is 3. The summed E-state index contributed by atoms with van der Waals surface area (Å²) in [6, 6.07) is 15.1. The molecule has 2 aromatic carbocycles. The molecule has 0 bridgehead atoms. The van der Waals surface area contributed by atoms with Crippen LogP contribution >= 0.6 is 0 Å². The number of amides is 2. The number of piperazine rings is 1. The maximum absolute atomic E-state index is 12.9. The Morgan fingerprint density at radius 3 is 2.30 bits per heavy atom. The number of rotatable bonds is 10. The number of hydrogen-bond donors (Lipinski definition) is 2. The largest absolute Gasteiger partial charge is 0.508 e. The average molecular weight is 453 g/mol. The van der Waals surface area contributed by atoms with Crippen molar-refractivity contribution in [1.29, 1.82) is 0 Å². The third-order valence-corrected chi connectivity index (χ3v) is 6.05. The van der Waals surface area contributed by atoms with Crippen molar-refractivity contribution in [2.24, 2.45) is 0 Å². The number of hydrogen-bond acceptors (Lipinski definition) is 5. The Morgan fingerprint density at radius 1 is 0.970 bits per heavy atom. The molecular formula is C26H36N4O3. The highest BCUT2D eigenvalue weighted by atomic mass is 16.3. The highest BCUT2D eigenvalue weighted by Gasteiger charge is 2.24. The molecule has 1 saturated heterocycles. The van der Waals surface area contributed by atoms with Gasteiger partial charge in [-0.1, -0.05) is 50.2 Å². The van der Waals surface area contributed by atoms with Gasteiger partial charge >= 0.3 is 0 Å². The average Bonchev–Trinajstić information content (AvgIpc) is 2.81. The molecule has 0 atom stereocenters. The van der Waals surface area contributed by atoms with Crippen molar-refractivity contribution in [3.05, 3.63) is 59.7 Å². The minimum atomic E-state index is -0.0209. The molecule has 2 N–H and O–H groups in total. The third kappa shape index (κ3) is 7.30. The minimum Gasteiger partial charge on any atom is -0.508 e. The molecule has 1 aliphatic heterocycles. The van der Waals surface area contributed by atoms with Crippen molar-refractivity contribution < 1.29 is 14.7 Å². The predicted molar refractivity (Wildman–Crippen MR) is 131 cm³/mol. The van der Waals surface area contributed by atoms with Crippen molar-refractivity contribution in [1.82, 2.24) is 14.7 Å². The fourth-order valence-electron chi connectivity index (χ4n) is 4.21. The lowest BCUT2D eigenvalue weighted by Gasteiger charge is -2.35. The summed E-state index contributed by atoms with van der Waals surface area (Å²) in [7, 11) is 0. The van der Waals surface area contributed by atoms with Gasteiger partial charge in [0.05, 0.1) is 13.1 Å². The number of aromatic hydroxyl groups is 1. The van der Waals surface area contributed by atoms with Gasteiger partial charge in [-0.3, -0.25) is 19.4 Å². The number of nitrogens with one attached hydrogen (secondary N) is 1. The lowest BCUT2D eigenvalue weighted by atomic mass is 10.1. The van der Waals surface area contributed by atoms with Crippen LogP contribution in [0.3, 0.4) is 0 Å². The van der Waals surface area contributed by atoms with E-state index in [1.807, 2.05) is 41.3 Å². The number of para-hydroxylation sites is 2.